The smallest absolute Gasteiger partial charge is 0.407 e. The highest BCUT2D eigenvalue weighted by Crippen LogP contribution is 2.41. The van der Waals surface area contributed by atoms with Crippen LogP contribution < -0.4 is 41.3 Å². The minimum Gasteiger partial charge on any atom is -0.466 e. The maximum atomic E-state index is 13.5. The Morgan fingerprint density at radius 3 is 1.06 bits per heavy atom. The van der Waals surface area contributed by atoms with Gasteiger partial charge in [-0.05, 0) is 124 Å². The molecule has 15 unspecified atom stereocenters. The second-order valence-electron chi connectivity index (χ2n) is 34.5. The summed E-state index contributed by atoms with van der Waals surface area (Å²) >= 11 is 0. The van der Waals surface area contributed by atoms with E-state index in [4.69, 9.17) is 19.9 Å². The number of aliphatic hydroxyl groups excluding tert-OH is 2. The number of hydrogen-bond acceptors (Lipinski definition) is 39. The van der Waals surface area contributed by atoms with Crippen molar-refractivity contribution in [1.29, 1.82) is 0 Å². The third-order valence-corrected chi connectivity index (χ3v) is 22.2. The number of alkyl carbamates (subject to hydrolysis) is 3. The van der Waals surface area contributed by atoms with Gasteiger partial charge in [-0.1, -0.05) is 0 Å². The molecule has 123 heavy (non-hydrogen) atoms. The fraction of sp³-hybridized carbons (Fsp3) is 0.649. The summed E-state index contributed by atoms with van der Waals surface area (Å²) < 4.78 is 38.7. The molecule has 8 aliphatic heterocycles. The first-order chi connectivity index (χ1) is 57.7. The number of likely N-dealkylation sites (N-methyl/N-ethyl adjacent to an activating group) is 4. The van der Waals surface area contributed by atoms with Crippen molar-refractivity contribution in [2.75, 3.05) is 88.9 Å². The topological polar surface area (TPSA) is 531 Å². The molecule has 0 aliphatic carbocycles. The van der Waals surface area contributed by atoms with Crippen molar-refractivity contribution in [3.05, 3.63) is 45.6 Å². The molecule has 46 heteroatoms. The molecule has 0 aromatic carbocycles. The van der Waals surface area contributed by atoms with E-state index in [1.165, 1.54) is 35.0 Å². The maximum Gasteiger partial charge on any atom is 0.407 e. The third kappa shape index (κ3) is 19.6. The first-order valence-corrected chi connectivity index (χ1v) is 39.6. The number of carbonyl (C=O) groups is 11. The third-order valence-electron chi connectivity index (χ3n) is 22.2. The molecule has 46 nitrogen and oxygen atoms in total. The highest BCUT2D eigenvalue weighted by Gasteiger charge is 2.54. The van der Waals surface area contributed by atoms with Crippen LogP contribution in [0.5, 0.6) is 0 Å². The first-order valence-electron chi connectivity index (χ1n) is 39.6. The van der Waals surface area contributed by atoms with E-state index in [-0.39, 0.29) is 129 Å². The van der Waals surface area contributed by atoms with Gasteiger partial charge in [0.15, 0.2) is 30.4 Å². The van der Waals surface area contributed by atoms with Crippen LogP contribution in [-0.4, -0.2) is 349 Å². The van der Waals surface area contributed by atoms with E-state index in [2.05, 4.69) is 126 Å². The number of nitrogens with two attached hydrogens (primary N) is 1. The summed E-state index contributed by atoms with van der Waals surface area (Å²) in [6.07, 6.45) is -0.195. The number of amides is 3. The molecule has 0 spiro atoms. The van der Waals surface area contributed by atoms with E-state index in [9.17, 15) is 68.2 Å². The number of anilines is 4. The lowest BCUT2D eigenvalue weighted by Crippen LogP contribution is -2.61. The Hall–Kier alpha value is -11.9. The van der Waals surface area contributed by atoms with Crippen molar-refractivity contribution in [1.82, 2.24) is 73.8 Å². The van der Waals surface area contributed by atoms with Gasteiger partial charge in [0.1, 0.15) is 56.7 Å². The summed E-state index contributed by atoms with van der Waals surface area (Å²) in [5.41, 5.74) is 9.42. The Labute approximate surface area is 710 Å². The Morgan fingerprint density at radius 1 is 0.447 bits per heavy atom. The Kier molecular flexibility index (Phi) is 29.5. The molecule has 4 aromatic rings. The van der Waals surface area contributed by atoms with Gasteiger partial charge in [-0.15, -0.1) is 0 Å². The van der Waals surface area contributed by atoms with Crippen LogP contribution in [0.2, 0.25) is 0 Å². The lowest BCUT2D eigenvalue weighted by atomic mass is 10.0. The van der Waals surface area contributed by atoms with Crippen molar-refractivity contribution in [2.24, 2.45) is 25.7 Å². The number of ether oxygens (including phenoxy) is 7. The normalized spacial score (nSPS) is 21.9. The van der Waals surface area contributed by atoms with Crippen molar-refractivity contribution in [3.8, 4) is 0 Å². The van der Waals surface area contributed by atoms with E-state index in [1.54, 1.807) is 50.7 Å². The van der Waals surface area contributed by atoms with Gasteiger partial charge in [-0.3, -0.25) is 87.6 Å². The number of rotatable bonds is 27. The molecule has 12 heterocycles. The molecule has 0 saturated carbocycles. The Bertz CT molecular complexity index is 4680. The van der Waals surface area contributed by atoms with Crippen molar-refractivity contribution in [3.63, 3.8) is 0 Å². The van der Waals surface area contributed by atoms with Crippen molar-refractivity contribution in [2.45, 2.75) is 257 Å². The second kappa shape index (κ2) is 38.2. The minimum atomic E-state index is -1.18. The van der Waals surface area contributed by atoms with Gasteiger partial charge in [0.05, 0.1) is 116 Å². The maximum absolute atomic E-state index is 13.5. The van der Waals surface area contributed by atoms with E-state index in [0.29, 0.717) is 77.3 Å². The summed E-state index contributed by atoms with van der Waals surface area (Å²) in [6.45, 7) is 32.2. The van der Waals surface area contributed by atoms with Crippen LogP contribution >= 0.6 is 0 Å². The molecule has 0 fully saturated rings. The molecule has 0 saturated heterocycles. The minimum absolute atomic E-state index is 0.00201. The molecule has 0 bridgehead atoms. The predicted molar refractivity (Wildman–Crippen MR) is 443 cm³/mol. The first kappa shape index (κ1) is 94.9. The number of fused-ring (bicyclic) bond motifs is 8. The summed E-state index contributed by atoms with van der Waals surface area (Å²) in [4.78, 5) is 187. The Morgan fingerprint density at radius 2 is 0.740 bits per heavy atom. The lowest BCUT2D eigenvalue weighted by molar-refractivity contribution is -0.285. The highest BCUT2D eigenvalue weighted by molar-refractivity contribution is 5.97. The predicted octanol–water partition coefficient (Wildman–Crippen LogP) is 0.765. The highest BCUT2D eigenvalue weighted by atomic mass is 17.1. The molecule has 4 aromatic heterocycles. The number of imidazole rings is 4. The van der Waals surface area contributed by atoms with Gasteiger partial charge in [0.25, 0.3) is 49.5 Å². The monoisotopic (exact) mass is 1730 g/mol. The van der Waals surface area contributed by atoms with Gasteiger partial charge in [-0.25, -0.2) is 39.2 Å². The molecule has 8 aliphatic rings. The van der Waals surface area contributed by atoms with Gasteiger partial charge in [0, 0.05) is 69.6 Å². The number of aliphatic imine (C=N–C) groups is 4. The van der Waals surface area contributed by atoms with Crippen LogP contribution in [-0.2, 0) is 82.9 Å². The number of aliphatic hydroxyl groups is 2. The number of methoxy groups -OCH3 is 3. The Balaban J connectivity index is 0.000000186. The summed E-state index contributed by atoms with van der Waals surface area (Å²) in [5.74, 6) is 1.12. The molecule has 15 atom stereocenters. The van der Waals surface area contributed by atoms with Crippen LogP contribution in [0.25, 0.3) is 0 Å². The average Bonchev–Trinajstić information content (AvgIpc) is 1.60. The molecule has 12 rings (SSSR count). The number of nitrogens with zero attached hydrogens (tertiary/aromatic N) is 20. The van der Waals surface area contributed by atoms with E-state index < -0.39 is 85.1 Å². The summed E-state index contributed by atoms with van der Waals surface area (Å²) in [6, 6.07) is -4.80. The van der Waals surface area contributed by atoms with Gasteiger partial charge < -0.3 is 98.5 Å². The molecular weight excluding hydrogens is 1610 g/mol. The van der Waals surface area contributed by atoms with Crippen LogP contribution in [0.1, 0.15) is 154 Å². The van der Waals surface area contributed by atoms with Crippen molar-refractivity contribution >= 4 is 117 Å². The molecule has 3 amide bonds. The number of hydrogen-bond donors (Lipinski definition) is 7. The zero-order valence-corrected chi connectivity index (χ0v) is 73.6. The van der Waals surface area contributed by atoms with Gasteiger partial charge in [-0.2, -0.15) is 0 Å². The number of aromatic nitrogens is 8. The summed E-state index contributed by atoms with van der Waals surface area (Å²) in [7, 11) is 11.1. The quantitative estimate of drug-likeness (QED) is 0.0142. The number of carbonyl (C=O) groups excluding carboxylic acids is 11. The number of nitrogens with one attached hydrogen (secondary N) is 3. The number of aryl methyl sites for hydroxylation is 4. The van der Waals surface area contributed by atoms with E-state index >= 15 is 0 Å². The van der Waals surface area contributed by atoms with Crippen LogP contribution in [0, 0.1) is 27.7 Å². The van der Waals surface area contributed by atoms with E-state index in [1.807, 2.05) is 111 Å². The molecular formula is C77H116N24O22. The fourth-order valence-electron chi connectivity index (χ4n) is 15.8. The largest absolute Gasteiger partial charge is 0.466 e. The zero-order valence-electron chi connectivity index (χ0n) is 73.6. The lowest BCUT2D eigenvalue weighted by Gasteiger charge is -2.44. The second-order valence-corrected chi connectivity index (χ2v) is 34.5. The summed E-state index contributed by atoms with van der Waals surface area (Å²) in [5, 5.41) is 38.1. The average molecular weight is 1730 g/mol. The fourth-order valence-corrected chi connectivity index (χ4v) is 15.8. The van der Waals surface area contributed by atoms with Gasteiger partial charge in [0.2, 0.25) is 23.8 Å². The van der Waals surface area contributed by atoms with Gasteiger partial charge >= 0.3 is 18.3 Å². The molecule has 0 radical (unpaired) electrons. The van der Waals surface area contributed by atoms with Crippen LogP contribution in [0.15, 0.2) is 20.0 Å². The standard InChI is InChI=1S/C20H30N6O7.C20H30N6O6.C20H30N6O5.C17H26N6O4/c1-11-13(7-14(33-30)12(8-32-10-27)23-19(29)31-6)26-17(28)15-16(24(5)18(26)22-11)25(9-21-15)20(2,3)4;1-11-13(7-14(28)12(8-32-10-27)23-19(30)31-6)26-17(29)15-16(24(5)18(26)22-11)25(9-21-15)20(2,3)4;1-12-14(8-7-13(9-31-11-27)23-19(29)30-6)26-17(28)15-16(24(5)18(26)22-12)25(10-21-15)20(2,3)4;1-9-10(6-11(25)13(18)27-8-24)23-15(26)12-14(21(5)16(23)20-9)22(7-19-12)17(2,3)4/h9-10,12,14-16,30H,7-8H2,1-6H3,(H,23,29);9-10,12,14-16,28H,7-8H2,1-6H3,(H,23,30);10-11,13,15-16H,7-9H2,1-6H3,(H,23,29);7-8,11-14,25H,6,18H2,1-5H3. The van der Waals surface area contributed by atoms with Crippen molar-refractivity contribution < 1.29 is 106 Å². The molecule has 8 N–H and O–H groups in total. The van der Waals surface area contributed by atoms with E-state index in [0.717, 1.165) is 11.4 Å². The molecule has 676 valence electrons. The SMILES string of the molecule is COC(=O)NC(CCc1c(C)nc2n1C(=O)C1N=CN(C(C)(C)C)C1N2C)COC=O.COC(=O)NC(COC=O)C(Cc1c(C)nc2n1C(=O)C1N=CN(C(C)(C)C)C1N2C)OO.COC(=O)NC(COC=O)C(O)Cc1c(C)nc2n1C(=O)C1N=CN(C(C)(C)C)C1N2C.Cc1nc2n(c1CC(O)C(N)OC=O)C(=O)C1N=CN(C(C)(C)C)C1N2C. The zero-order chi connectivity index (χ0) is 91.3. The van der Waals surface area contributed by atoms with Crippen LogP contribution in [0.3, 0.4) is 0 Å². The van der Waals surface area contributed by atoms with Crippen LogP contribution in [0.4, 0.5) is 38.2 Å².